The van der Waals surface area contributed by atoms with Crippen LogP contribution in [0.4, 0.5) is 5.69 Å². The minimum atomic E-state index is -0.281. The van der Waals surface area contributed by atoms with Gasteiger partial charge in [-0.3, -0.25) is 4.79 Å². The normalized spacial score (nSPS) is 10.3. The van der Waals surface area contributed by atoms with Crippen LogP contribution in [0.15, 0.2) is 66.0 Å². The van der Waals surface area contributed by atoms with E-state index in [4.69, 9.17) is 4.74 Å². The summed E-state index contributed by atoms with van der Waals surface area (Å²) < 4.78 is 5.28. The molecule has 1 amide bonds. The first-order valence-electron chi connectivity index (χ1n) is 7.63. The molecule has 1 heterocycles. The standard InChI is InChI=1S/C19H17N3O2S/c1-24-16-11-7-6-10-15(16)21-18(23)14-12-20-19(25-2)22-17(14)13-8-4-3-5-9-13/h3-12H,1-2H3,(H,21,23). The fraction of sp³-hybridized carbons (Fsp3) is 0.105. The minimum Gasteiger partial charge on any atom is -0.495 e. The lowest BCUT2D eigenvalue weighted by Gasteiger charge is -2.12. The number of rotatable bonds is 5. The lowest BCUT2D eigenvalue weighted by atomic mass is 10.1. The van der Waals surface area contributed by atoms with Crippen molar-refractivity contribution in [2.45, 2.75) is 5.16 Å². The van der Waals surface area contributed by atoms with Gasteiger partial charge in [0, 0.05) is 11.8 Å². The van der Waals surface area contributed by atoms with Gasteiger partial charge in [-0.2, -0.15) is 0 Å². The first kappa shape index (κ1) is 17.0. The molecule has 0 unspecified atom stereocenters. The number of carbonyl (C=O) groups excluding carboxylic acids is 1. The van der Waals surface area contributed by atoms with Crippen molar-refractivity contribution in [1.29, 1.82) is 0 Å². The van der Waals surface area contributed by atoms with Crippen LogP contribution in [0.1, 0.15) is 10.4 Å². The Morgan fingerprint density at radius 1 is 1.08 bits per heavy atom. The molecule has 1 aromatic heterocycles. The molecule has 0 aliphatic heterocycles. The average Bonchev–Trinajstić information content (AvgIpc) is 2.68. The molecular weight excluding hydrogens is 334 g/mol. The van der Waals surface area contributed by atoms with Crippen molar-refractivity contribution in [2.75, 3.05) is 18.7 Å². The molecule has 2 aromatic carbocycles. The fourth-order valence-electron chi connectivity index (χ4n) is 2.38. The molecule has 3 rings (SSSR count). The molecule has 3 aromatic rings. The summed E-state index contributed by atoms with van der Waals surface area (Å²) in [6, 6.07) is 16.9. The predicted octanol–water partition coefficient (Wildman–Crippen LogP) is 4.13. The Hall–Kier alpha value is -2.86. The SMILES string of the molecule is COc1ccccc1NC(=O)c1cnc(SC)nc1-c1ccccc1. The van der Waals surface area contributed by atoms with E-state index >= 15 is 0 Å². The molecule has 25 heavy (non-hydrogen) atoms. The fourth-order valence-corrected chi connectivity index (χ4v) is 2.72. The van der Waals surface area contributed by atoms with Gasteiger partial charge < -0.3 is 10.1 Å². The van der Waals surface area contributed by atoms with Crippen LogP contribution in [0.2, 0.25) is 0 Å². The Labute approximate surface area is 150 Å². The number of amides is 1. The van der Waals surface area contributed by atoms with Gasteiger partial charge in [0.2, 0.25) is 0 Å². The van der Waals surface area contributed by atoms with Gasteiger partial charge in [-0.15, -0.1) is 0 Å². The molecule has 0 atom stereocenters. The summed E-state index contributed by atoms with van der Waals surface area (Å²) >= 11 is 1.43. The van der Waals surface area contributed by atoms with Gasteiger partial charge in [-0.05, 0) is 18.4 Å². The molecular formula is C19H17N3O2S. The highest BCUT2D eigenvalue weighted by Gasteiger charge is 2.17. The van der Waals surface area contributed by atoms with Gasteiger partial charge in [0.15, 0.2) is 5.16 Å². The maximum Gasteiger partial charge on any atom is 0.259 e. The predicted molar refractivity (Wildman–Crippen MR) is 100 cm³/mol. The number of hydrogen-bond acceptors (Lipinski definition) is 5. The van der Waals surface area contributed by atoms with Crippen molar-refractivity contribution in [3.63, 3.8) is 0 Å². The van der Waals surface area contributed by atoms with E-state index < -0.39 is 0 Å². The van der Waals surface area contributed by atoms with Crippen molar-refractivity contribution in [1.82, 2.24) is 9.97 Å². The summed E-state index contributed by atoms with van der Waals surface area (Å²) in [7, 11) is 1.57. The first-order valence-corrected chi connectivity index (χ1v) is 8.86. The number of nitrogens with zero attached hydrogens (tertiary/aromatic N) is 2. The zero-order valence-electron chi connectivity index (χ0n) is 13.9. The molecule has 0 bridgehead atoms. The highest BCUT2D eigenvalue weighted by atomic mass is 32.2. The molecule has 0 aliphatic carbocycles. The number of ether oxygens (including phenoxy) is 1. The zero-order chi connectivity index (χ0) is 17.6. The number of para-hydroxylation sites is 2. The number of carbonyl (C=O) groups is 1. The third-order valence-corrected chi connectivity index (χ3v) is 4.16. The molecule has 0 saturated heterocycles. The molecule has 0 spiro atoms. The maximum atomic E-state index is 12.8. The second-order valence-corrected chi connectivity index (χ2v) is 5.91. The van der Waals surface area contributed by atoms with Crippen LogP contribution in [-0.2, 0) is 0 Å². The van der Waals surface area contributed by atoms with Crippen LogP contribution in [0, 0.1) is 0 Å². The van der Waals surface area contributed by atoms with E-state index in [2.05, 4.69) is 15.3 Å². The molecule has 1 N–H and O–H groups in total. The number of benzene rings is 2. The van der Waals surface area contributed by atoms with Crippen molar-refractivity contribution >= 4 is 23.4 Å². The van der Waals surface area contributed by atoms with Crippen molar-refractivity contribution < 1.29 is 9.53 Å². The number of aromatic nitrogens is 2. The second-order valence-electron chi connectivity index (χ2n) is 5.14. The third kappa shape index (κ3) is 3.80. The summed E-state index contributed by atoms with van der Waals surface area (Å²) in [5.74, 6) is 0.315. The monoisotopic (exact) mass is 351 g/mol. The Morgan fingerprint density at radius 3 is 2.52 bits per heavy atom. The number of anilines is 1. The van der Waals surface area contributed by atoms with E-state index in [0.717, 1.165) is 5.56 Å². The molecule has 0 radical (unpaired) electrons. The van der Waals surface area contributed by atoms with E-state index in [1.165, 1.54) is 11.8 Å². The highest BCUT2D eigenvalue weighted by molar-refractivity contribution is 7.98. The van der Waals surface area contributed by atoms with E-state index in [1.807, 2.05) is 48.7 Å². The van der Waals surface area contributed by atoms with E-state index in [-0.39, 0.29) is 5.91 Å². The van der Waals surface area contributed by atoms with Crippen LogP contribution < -0.4 is 10.1 Å². The summed E-state index contributed by atoms with van der Waals surface area (Å²) in [5.41, 5.74) is 2.48. The number of nitrogens with one attached hydrogen (secondary N) is 1. The molecule has 0 fully saturated rings. The van der Waals surface area contributed by atoms with Gasteiger partial charge in [0.25, 0.3) is 5.91 Å². The first-order chi connectivity index (χ1) is 12.2. The number of methoxy groups -OCH3 is 1. The van der Waals surface area contributed by atoms with Crippen molar-refractivity contribution in [3.8, 4) is 17.0 Å². The summed E-state index contributed by atoms with van der Waals surface area (Å²) in [5, 5.41) is 3.49. The van der Waals surface area contributed by atoms with E-state index in [9.17, 15) is 4.79 Å². The molecule has 5 nitrogen and oxygen atoms in total. The Kier molecular flexibility index (Phi) is 5.30. The topological polar surface area (TPSA) is 64.1 Å². The Bertz CT molecular complexity index is 885. The zero-order valence-corrected chi connectivity index (χ0v) is 14.7. The lowest BCUT2D eigenvalue weighted by molar-refractivity contribution is 0.102. The van der Waals surface area contributed by atoms with Crippen LogP contribution in [0.25, 0.3) is 11.3 Å². The molecule has 126 valence electrons. The van der Waals surface area contributed by atoms with Gasteiger partial charge in [0.05, 0.1) is 24.1 Å². The van der Waals surface area contributed by atoms with Crippen molar-refractivity contribution in [3.05, 3.63) is 66.4 Å². The third-order valence-electron chi connectivity index (χ3n) is 3.60. The van der Waals surface area contributed by atoms with Gasteiger partial charge in [-0.1, -0.05) is 54.2 Å². The van der Waals surface area contributed by atoms with Crippen LogP contribution >= 0.6 is 11.8 Å². The minimum absolute atomic E-state index is 0.281. The molecule has 6 heteroatoms. The lowest BCUT2D eigenvalue weighted by Crippen LogP contribution is -2.15. The average molecular weight is 351 g/mol. The molecule has 0 aliphatic rings. The van der Waals surface area contributed by atoms with Gasteiger partial charge in [0.1, 0.15) is 5.75 Å². The Morgan fingerprint density at radius 2 is 1.80 bits per heavy atom. The van der Waals surface area contributed by atoms with Crippen LogP contribution in [0.3, 0.4) is 0 Å². The number of hydrogen-bond donors (Lipinski definition) is 1. The summed E-state index contributed by atoms with van der Waals surface area (Å²) in [4.78, 5) is 21.6. The second kappa shape index (κ2) is 7.81. The van der Waals surface area contributed by atoms with Crippen molar-refractivity contribution in [2.24, 2.45) is 0 Å². The van der Waals surface area contributed by atoms with Crippen LogP contribution in [0.5, 0.6) is 5.75 Å². The Balaban J connectivity index is 2.00. The van der Waals surface area contributed by atoms with Gasteiger partial charge >= 0.3 is 0 Å². The summed E-state index contributed by atoms with van der Waals surface area (Å²) in [6.45, 7) is 0. The summed E-state index contributed by atoms with van der Waals surface area (Å²) in [6.07, 6.45) is 3.46. The van der Waals surface area contributed by atoms with E-state index in [1.54, 1.807) is 25.4 Å². The smallest absolute Gasteiger partial charge is 0.259 e. The highest BCUT2D eigenvalue weighted by Crippen LogP contribution is 2.27. The quantitative estimate of drug-likeness (QED) is 0.553. The maximum absolute atomic E-state index is 12.8. The van der Waals surface area contributed by atoms with Gasteiger partial charge in [-0.25, -0.2) is 9.97 Å². The van der Waals surface area contributed by atoms with Crippen LogP contribution in [-0.4, -0.2) is 29.2 Å². The number of thioether (sulfide) groups is 1. The largest absolute Gasteiger partial charge is 0.495 e. The molecule has 0 saturated carbocycles. The van der Waals surface area contributed by atoms with E-state index in [0.29, 0.717) is 27.9 Å².